The minimum Gasteiger partial charge on any atom is -0.477 e. The van der Waals surface area contributed by atoms with E-state index < -0.39 is 17.2 Å². The zero-order valence-corrected chi connectivity index (χ0v) is 17.9. The molecule has 5 rings (SSSR count). The molecule has 2 heterocycles. The summed E-state index contributed by atoms with van der Waals surface area (Å²) in [5.74, 6) is -1.77. The Kier molecular flexibility index (Phi) is 5.12. The first-order valence-corrected chi connectivity index (χ1v) is 10.7. The smallest absolute Gasteiger partial charge is 0.341 e. The first kappa shape index (κ1) is 20.8. The number of aromatic carboxylic acids is 1. The molecule has 1 fully saturated rings. The predicted molar refractivity (Wildman–Crippen MR) is 123 cm³/mol. The van der Waals surface area contributed by atoms with E-state index in [1.165, 1.54) is 12.3 Å². The number of nitrogens with zero attached hydrogens (tertiary/aromatic N) is 3. The molecule has 1 aliphatic carbocycles. The highest BCUT2D eigenvalue weighted by atomic mass is 19.1. The fraction of sp³-hybridized carbons (Fsp3) is 0.200. The van der Waals surface area contributed by atoms with E-state index in [0.29, 0.717) is 11.9 Å². The van der Waals surface area contributed by atoms with Crippen LogP contribution in [0, 0.1) is 12.7 Å². The lowest BCUT2D eigenvalue weighted by molar-refractivity contribution is 0.0695. The van der Waals surface area contributed by atoms with Gasteiger partial charge in [-0.25, -0.2) is 19.2 Å². The fourth-order valence-corrected chi connectivity index (χ4v) is 3.98. The van der Waals surface area contributed by atoms with Crippen LogP contribution < -0.4 is 10.7 Å². The summed E-state index contributed by atoms with van der Waals surface area (Å²) in [5, 5.41) is 12.3. The van der Waals surface area contributed by atoms with Crippen molar-refractivity contribution in [3.8, 4) is 0 Å². The first-order chi connectivity index (χ1) is 15.9. The molecule has 8 heteroatoms. The summed E-state index contributed by atoms with van der Waals surface area (Å²) in [6.07, 6.45) is 5.32. The predicted octanol–water partition coefficient (Wildman–Crippen LogP) is 4.61. The zero-order chi connectivity index (χ0) is 23.1. The maximum atomic E-state index is 14.9. The van der Waals surface area contributed by atoms with Gasteiger partial charge < -0.3 is 15.0 Å². The van der Waals surface area contributed by atoms with E-state index in [4.69, 9.17) is 0 Å². The molecule has 1 aliphatic rings. The average Bonchev–Trinajstić information content (AvgIpc) is 3.60. The number of carboxylic acid groups (broad SMARTS) is 1. The number of pyridine rings is 1. The number of halogens is 1. The second kappa shape index (κ2) is 8.12. The lowest BCUT2D eigenvalue weighted by Crippen LogP contribution is -2.19. The number of hydrogen-bond donors (Lipinski definition) is 2. The Morgan fingerprint density at radius 2 is 2.06 bits per heavy atom. The minimum absolute atomic E-state index is 0.0407. The Hall–Kier alpha value is -4.07. The molecule has 166 valence electrons. The van der Waals surface area contributed by atoms with Gasteiger partial charge in [0.25, 0.3) is 0 Å². The highest BCUT2D eigenvalue weighted by Gasteiger charge is 2.27. The Morgan fingerprint density at radius 1 is 1.24 bits per heavy atom. The molecular formula is C25H21FN4O3. The molecule has 0 spiro atoms. The number of carboxylic acids is 1. The largest absolute Gasteiger partial charge is 0.477 e. The molecule has 7 nitrogen and oxygen atoms in total. The number of hydrogen-bond acceptors (Lipinski definition) is 5. The minimum atomic E-state index is -1.32. The van der Waals surface area contributed by atoms with Gasteiger partial charge in [-0.2, -0.15) is 0 Å². The van der Waals surface area contributed by atoms with Crippen LogP contribution in [0.3, 0.4) is 0 Å². The van der Waals surface area contributed by atoms with Crippen LogP contribution in [-0.4, -0.2) is 25.6 Å². The highest BCUT2D eigenvalue weighted by Crippen LogP contribution is 2.38. The van der Waals surface area contributed by atoms with E-state index in [2.05, 4.69) is 21.4 Å². The van der Waals surface area contributed by atoms with Crippen molar-refractivity contribution in [1.82, 2.24) is 14.5 Å². The van der Waals surface area contributed by atoms with Crippen molar-refractivity contribution in [3.05, 3.63) is 93.3 Å². The Labute approximate surface area is 188 Å². The highest BCUT2D eigenvalue weighted by molar-refractivity contribution is 5.93. The van der Waals surface area contributed by atoms with Gasteiger partial charge in [-0.05, 0) is 43.5 Å². The normalized spacial score (nSPS) is 13.3. The lowest BCUT2D eigenvalue weighted by Gasteiger charge is -2.14. The number of benzene rings is 2. The van der Waals surface area contributed by atoms with Crippen molar-refractivity contribution in [2.75, 3.05) is 5.32 Å². The first-order valence-electron chi connectivity index (χ1n) is 10.7. The van der Waals surface area contributed by atoms with Crippen molar-refractivity contribution in [2.24, 2.45) is 0 Å². The molecule has 2 aromatic carbocycles. The molecule has 2 N–H and O–H groups in total. The van der Waals surface area contributed by atoms with Crippen LogP contribution in [0.25, 0.3) is 10.9 Å². The van der Waals surface area contributed by atoms with Gasteiger partial charge in [-0.3, -0.25) is 4.79 Å². The van der Waals surface area contributed by atoms with Crippen LogP contribution in [0.2, 0.25) is 0 Å². The van der Waals surface area contributed by atoms with Crippen LogP contribution in [0.15, 0.2) is 59.7 Å². The van der Waals surface area contributed by atoms with Crippen molar-refractivity contribution < 1.29 is 14.3 Å². The van der Waals surface area contributed by atoms with Crippen molar-refractivity contribution in [1.29, 1.82) is 0 Å². The van der Waals surface area contributed by atoms with Gasteiger partial charge in [0.2, 0.25) is 11.4 Å². The van der Waals surface area contributed by atoms with Crippen LogP contribution in [-0.2, 0) is 6.42 Å². The Morgan fingerprint density at radius 3 is 2.79 bits per heavy atom. The topological polar surface area (TPSA) is 97.1 Å². The Bertz CT molecular complexity index is 1460. The molecular weight excluding hydrogens is 423 g/mol. The van der Waals surface area contributed by atoms with Crippen molar-refractivity contribution in [3.63, 3.8) is 0 Å². The van der Waals surface area contributed by atoms with E-state index in [1.807, 2.05) is 31.2 Å². The van der Waals surface area contributed by atoms with E-state index in [-0.39, 0.29) is 28.6 Å². The molecule has 0 radical (unpaired) electrons. The summed E-state index contributed by atoms with van der Waals surface area (Å²) in [6, 6.07) is 12.6. The van der Waals surface area contributed by atoms with Gasteiger partial charge in [-0.1, -0.05) is 29.8 Å². The quantitative estimate of drug-likeness (QED) is 0.451. The summed E-state index contributed by atoms with van der Waals surface area (Å²) < 4.78 is 16.7. The van der Waals surface area contributed by atoms with Gasteiger partial charge in [0.1, 0.15) is 11.4 Å². The molecule has 1 saturated carbocycles. The van der Waals surface area contributed by atoms with E-state index in [1.54, 1.807) is 10.8 Å². The van der Waals surface area contributed by atoms with Crippen LogP contribution in [0.4, 0.5) is 16.0 Å². The monoisotopic (exact) mass is 444 g/mol. The van der Waals surface area contributed by atoms with Gasteiger partial charge in [-0.15, -0.1) is 0 Å². The standard InChI is InChI=1S/C25H21FN4O3/c1-14-3-2-4-15(9-14)10-16-7-8-27-25(28-16)29-21-12-22-18(11-20(21)26)23(31)19(24(32)33)13-30(22)17-5-6-17/h2-4,7-9,11-13,17H,5-6,10H2,1H3,(H,32,33)(H,27,28,29). The summed E-state index contributed by atoms with van der Waals surface area (Å²) in [5.41, 5.74) is 2.59. The second-order valence-electron chi connectivity index (χ2n) is 8.33. The third kappa shape index (κ3) is 4.19. The summed E-state index contributed by atoms with van der Waals surface area (Å²) in [4.78, 5) is 32.8. The van der Waals surface area contributed by atoms with E-state index in [0.717, 1.165) is 35.7 Å². The molecule has 33 heavy (non-hydrogen) atoms. The average molecular weight is 444 g/mol. The number of carbonyl (C=O) groups is 1. The molecule has 0 aliphatic heterocycles. The number of aryl methyl sites for hydroxylation is 1. The third-order valence-corrected chi connectivity index (χ3v) is 5.72. The van der Waals surface area contributed by atoms with Gasteiger partial charge in [0.15, 0.2) is 0 Å². The summed E-state index contributed by atoms with van der Waals surface area (Å²) >= 11 is 0. The van der Waals surface area contributed by atoms with E-state index >= 15 is 0 Å². The molecule has 0 amide bonds. The van der Waals surface area contributed by atoms with Gasteiger partial charge in [0, 0.05) is 30.2 Å². The lowest BCUT2D eigenvalue weighted by atomic mass is 10.1. The number of fused-ring (bicyclic) bond motifs is 1. The molecule has 4 aromatic rings. The van der Waals surface area contributed by atoms with Crippen molar-refractivity contribution >= 4 is 28.5 Å². The Balaban J connectivity index is 1.51. The summed E-state index contributed by atoms with van der Waals surface area (Å²) in [6.45, 7) is 2.03. The van der Waals surface area contributed by atoms with Gasteiger partial charge >= 0.3 is 5.97 Å². The van der Waals surface area contributed by atoms with Gasteiger partial charge in [0.05, 0.1) is 16.9 Å². The van der Waals surface area contributed by atoms with Crippen molar-refractivity contribution in [2.45, 2.75) is 32.2 Å². The molecule has 0 bridgehead atoms. The van der Waals surface area contributed by atoms with Crippen LogP contribution >= 0.6 is 0 Å². The molecule has 0 saturated heterocycles. The maximum Gasteiger partial charge on any atom is 0.341 e. The molecule has 0 unspecified atom stereocenters. The molecule has 2 aromatic heterocycles. The number of nitrogens with one attached hydrogen (secondary N) is 1. The molecule has 0 atom stereocenters. The van der Waals surface area contributed by atoms with Crippen LogP contribution in [0.1, 0.15) is 46.1 Å². The van der Waals surface area contributed by atoms with Crippen LogP contribution in [0.5, 0.6) is 0 Å². The fourth-order valence-electron chi connectivity index (χ4n) is 3.98. The van der Waals surface area contributed by atoms with E-state index in [9.17, 15) is 19.1 Å². The number of aromatic nitrogens is 3. The number of anilines is 2. The second-order valence-corrected chi connectivity index (χ2v) is 8.33. The maximum absolute atomic E-state index is 14.9. The SMILES string of the molecule is Cc1cccc(Cc2ccnc(Nc3cc4c(cc3F)c(=O)c(C(=O)O)cn4C3CC3)n2)c1. The number of rotatable bonds is 6. The summed E-state index contributed by atoms with van der Waals surface area (Å²) in [7, 11) is 0. The third-order valence-electron chi connectivity index (χ3n) is 5.72. The zero-order valence-electron chi connectivity index (χ0n) is 17.9.